The van der Waals surface area contributed by atoms with E-state index in [1.165, 1.54) is 12.3 Å². The largest absolute Gasteiger partial charge is 0.418 e. The highest BCUT2D eigenvalue weighted by atomic mass is 19.4. The van der Waals surface area contributed by atoms with Crippen LogP contribution in [0.1, 0.15) is 49.8 Å². The van der Waals surface area contributed by atoms with E-state index >= 15 is 0 Å². The van der Waals surface area contributed by atoms with E-state index in [0.29, 0.717) is 54.2 Å². The number of aryl methyl sites for hydroxylation is 1. The van der Waals surface area contributed by atoms with Gasteiger partial charge in [0.15, 0.2) is 0 Å². The Bertz CT molecular complexity index is 1650. The third-order valence-electron chi connectivity index (χ3n) is 6.73. The van der Waals surface area contributed by atoms with Crippen LogP contribution in [0.3, 0.4) is 0 Å². The van der Waals surface area contributed by atoms with E-state index in [0.717, 1.165) is 23.0 Å². The van der Waals surface area contributed by atoms with Crippen LogP contribution in [-0.2, 0) is 29.4 Å². The highest BCUT2D eigenvalue weighted by Gasteiger charge is 2.34. The van der Waals surface area contributed by atoms with E-state index in [4.69, 9.17) is 14.7 Å². The van der Waals surface area contributed by atoms with Gasteiger partial charge in [0.05, 0.1) is 35.3 Å². The van der Waals surface area contributed by atoms with Crippen molar-refractivity contribution in [3.05, 3.63) is 108 Å². The summed E-state index contributed by atoms with van der Waals surface area (Å²) in [4.78, 5) is 18.2. The summed E-state index contributed by atoms with van der Waals surface area (Å²) in [5, 5.41) is 4.02. The van der Waals surface area contributed by atoms with Crippen LogP contribution in [0.4, 0.5) is 24.7 Å². The van der Waals surface area contributed by atoms with Gasteiger partial charge in [-0.25, -0.2) is 9.97 Å². The van der Waals surface area contributed by atoms with Crippen LogP contribution in [0.25, 0.3) is 22.2 Å². The van der Waals surface area contributed by atoms with Crippen molar-refractivity contribution in [1.29, 1.82) is 0 Å². The predicted octanol–water partition coefficient (Wildman–Crippen LogP) is 8.30. The summed E-state index contributed by atoms with van der Waals surface area (Å²) in [7, 11) is 0. The van der Waals surface area contributed by atoms with Crippen LogP contribution in [-0.4, -0.2) is 26.5 Å². The molecule has 0 bridgehead atoms. The number of benzene rings is 2. The maximum atomic E-state index is 13.7. The van der Waals surface area contributed by atoms with Crippen molar-refractivity contribution in [2.24, 2.45) is 0 Å². The topological polar surface area (TPSA) is 72.8 Å². The highest BCUT2D eigenvalue weighted by molar-refractivity contribution is 5.93. The number of alkyl halides is 3. The number of pyridine rings is 2. The second-order valence-corrected chi connectivity index (χ2v) is 11.1. The van der Waals surface area contributed by atoms with Gasteiger partial charge in [-0.15, -0.1) is 0 Å². The van der Waals surface area contributed by atoms with Crippen LogP contribution < -0.4 is 5.32 Å². The highest BCUT2D eigenvalue weighted by Crippen LogP contribution is 2.37. The molecule has 9 heteroatoms. The number of hydrogen-bond acceptors (Lipinski definition) is 6. The lowest BCUT2D eigenvalue weighted by Gasteiger charge is -2.18. The molecule has 2 aromatic carbocycles. The summed E-state index contributed by atoms with van der Waals surface area (Å²) in [6.45, 7) is 7.32. The SMILES string of the molecule is CC(C)(C)c1ccc(Nc2nc(CCCOCc3ccccc3)nc3cc(-c4ncccc4C(F)(F)F)ccc23)cn1. The number of halogens is 3. The average Bonchev–Trinajstić information content (AvgIpc) is 2.96. The second-order valence-electron chi connectivity index (χ2n) is 11.1. The van der Waals surface area contributed by atoms with E-state index in [9.17, 15) is 13.2 Å². The van der Waals surface area contributed by atoms with Crippen LogP contribution in [0, 0.1) is 0 Å². The first-order valence-corrected chi connectivity index (χ1v) is 13.8. The van der Waals surface area contributed by atoms with Gasteiger partial charge in [-0.05, 0) is 48.4 Å². The quantitative estimate of drug-likeness (QED) is 0.180. The van der Waals surface area contributed by atoms with Gasteiger partial charge >= 0.3 is 6.18 Å². The van der Waals surface area contributed by atoms with Crippen molar-refractivity contribution in [1.82, 2.24) is 19.9 Å². The third-order valence-corrected chi connectivity index (χ3v) is 6.73. The zero-order chi connectivity index (χ0) is 29.7. The monoisotopic (exact) mass is 571 g/mol. The Kier molecular flexibility index (Phi) is 8.49. The lowest BCUT2D eigenvalue weighted by molar-refractivity contribution is -0.137. The van der Waals surface area contributed by atoms with Crippen molar-refractivity contribution < 1.29 is 17.9 Å². The molecule has 5 rings (SSSR count). The normalized spacial score (nSPS) is 12.0. The number of rotatable bonds is 9. The fourth-order valence-electron chi connectivity index (χ4n) is 4.54. The second kappa shape index (κ2) is 12.2. The van der Waals surface area contributed by atoms with Crippen molar-refractivity contribution in [3.63, 3.8) is 0 Å². The molecule has 0 unspecified atom stereocenters. The van der Waals surface area contributed by atoms with E-state index in [2.05, 4.69) is 36.1 Å². The molecule has 42 heavy (non-hydrogen) atoms. The fraction of sp³-hybridized carbons (Fsp3) is 0.273. The fourth-order valence-corrected chi connectivity index (χ4v) is 4.54. The van der Waals surface area contributed by atoms with Gasteiger partial charge in [-0.1, -0.05) is 57.2 Å². The minimum absolute atomic E-state index is 0.0902. The van der Waals surface area contributed by atoms with Crippen LogP contribution >= 0.6 is 0 Å². The first-order chi connectivity index (χ1) is 20.1. The van der Waals surface area contributed by atoms with Gasteiger partial charge in [-0.3, -0.25) is 9.97 Å². The Morgan fingerprint density at radius 1 is 0.857 bits per heavy atom. The van der Waals surface area contributed by atoms with Gasteiger partial charge in [-0.2, -0.15) is 13.2 Å². The van der Waals surface area contributed by atoms with E-state index in [1.54, 1.807) is 24.4 Å². The van der Waals surface area contributed by atoms with Crippen molar-refractivity contribution in [2.45, 2.75) is 51.8 Å². The summed E-state index contributed by atoms with van der Waals surface area (Å²) < 4.78 is 47.0. The molecule has 0 aliphatic carbocycles. The lowest BCUT2D eigenvalue weighted by atomic mass is 9.92. The van der Waals surface area contributed by atoms with Crippen LogP contribution in [0.15, 0.2) is 85.2 Å². The Morgan fingerprint density at radius 3 is 2.38 bits per heavy atom. The Hall–Kier alpha value is -4.37. The molecule has 216 valence electrons. The molecule has 6 nitrogen and oxygen atoms in total. The van der Waals surface area contributed by atoms with Crippen molar-refractivity contribution in [2.75, 3.05) is 11.9 Å². The number of fused-ring (bicyclic) bond motifs is 1. The summed E-state index contributed by atoms with van der Waals surface area (Å²) in [5.41, 5.74) is 2.61. The van der Waals surface area contributed by atoms with E-state index in [-0.39, 0.29) is 11.1 Å². The van der Waals surface area contributed by atoms with Gasteiger partial charge in [0.2, 0.25) is 0 Å². The molecule has 0 fully saturated rings. The average molecular weight is 572 g/mol. The van der Waals surface area contributed by atoms with Crippen LogP contribution in [0.2, 0.25) is 0 Å². The molecule has 0 amide bonds. The summed E-state index contributed by atoms with van der Waals surface area (Å²) >= 11 is 0. The first kappa shape index (κ1) is 29.1. The van der Waals surface area contributed by atoms with Crippen LogP contribution in [0.5, 0.6) is 0 Å². The molecular formula is C33H32F3N5O. The number of aromatic nitrogens is 4. The molecule has 0 aliphatic heterocycles. The minimum atomic E-state index is -4.53. The maximum Gasteiger partial charge on any atom is 0.418 e. The van der Waals surface area contributed by atoms with E-state index < -0.39 is 11.7 Å². The van der Waals surface area contributed by atoms with Crippen molar-refractivity contribution >= 4 is 22.4 Å². The number of nitrogens with one attached hydrogen (secondary N) is 1. The Balaban J connectivity index is 1.44. The van der Waals surface area contributed by atoms with Gasteiger partial charge < -0.3 is 10.1 Å². The summed E-state index contributed by atoms with van der Waals surface area (Å²) in [6.07, 6.45) is -0.214. The van der Waals surface area contributed by atoms with Gasteiger partial charge in [0.25, 0.3) is 0 Å². The number of ether oxygens (including phenoxy) is 1. The van der Waals surface area contributed by atoms with Gasteiger partial charge in [0, 0.05) is 41.3 Å². The zero-order valence-corrected chi connectivity index (χ0v) is 23.7. The first-order valence-electron chi connectivity index (χ1n) is 13.8. The molecular weight excluding hydrogens is 539 g/mol. The molecule has 0 atom stereocenters. The van der Waals surface area contributed by atoms with Gasteiger partial charge in [0.1, 0.15) is 11.6 Å². The van der Waals surface area contributed by atoms with Crippen molar-refractivity contribution in [3.8, 4) is 11.3 Å². The summed E-state index contributed by atoms with van der Waals surface area (Å²) in [6, 6.07) is 21.1. The molecule has 0 spiro atoms. The Morgan fingerprint density at radius 2 is 1.67 bits per heavy atom. The number of nitrogens with zero attached hydrogens (tertiary/aromatic N) is 4. The molecule has 0 aliphatic rings. The molecule has 0 saturated heterocycles. The molecule has 1 N–H and O–H groups in total. The maximum absolute atomic E-state index is 13.7. The standard InChI is InChI=1S/C33H32F3N5O/c1-32(2,3)28-16-14-24(20-38-28)39-31-25-15-13-23(30-26(33(34,35)36)11-7-17-37-30)19-27(25)40-29(41-31)12-8-18-42-21-22-9-5-4-6-10-22/h4-7,9-11,13-17,19-20H,8,12,18,21H2,1-3H3,(H,39,40,41). The molecule has 0 saturated carbocycles. The summed E-state index contributed by atoms with van der Waals surface area (Å²) in [5.74, 6) is 1.11. The van der Waals surface area contributed by atoms with E-state index in [1.807, 2.05) is 42.5 Å². The minimum Gasteiger partial charge on any atom is -0.377 e. The third kappa shape index (κ3) is 7.09. The zero-order valence-electron chi connectivity index (χ0n) is 23.7. The predicted molar refractivity (Wildman–Crippen MR) is 158 cm³/mol. The Labute approximate surface area is 243 Å². The number of anilines is 2. The number of hydrogen-bond donors (Lipinski definition) is 1. The molecule has 3 aromatic heterocycles. The lowest BCUT2D eigenvalue weighted by Crippen LogP contribution is -2.13. The molecule has 3 heterocycles. The molecule has 5 aromatic rings. The molecule has 0 radical (unpaired) electrons. The smallest absolute Gasteiger partial charge is 0.377 e.